The smallest absolute Gasteiger partial charge is 0.160 e. The highest BCUT2D eigenvalue weighted by atomic mass is 16.5. The van der Waals surface area contributed by atoms with Crippen molar-refractivity contribution in [2.45, 2.75) is 12.6 Å². The Morgan fingerprint density at radius 1 is 1.45 bits per heavy atom. The van der Waals surface area contributed by atoms with Crippen molar-refractivity contribution in [3.63, 3.8) is 0 Å². The van der Waals surface area contributed by atoms with Gasteiger partial charge in [-0.3, -0.25) is 0 Å². The van der Waals surface area contributed by atoms with E-state index in [1.165, 1.54) is 4.68 Å². The SMILES string of the molecule is COc1ccc(NC(C#N)c2cn(CCO)nn2)cc1. The van der Waals surface area contributed by atoms with Crippen molar-refractivity contribution in [3.05, 3.63) is 36.2 Å². The number of hydrogen-bond acceptors (Lipinski definition) is 6. The topological polar surface area (TPSA) is 96.0 Å². The molecule has 1 atom stereocenters. The van der Waals surface area contributed by atoms with E-state index in [-0.39, 0.29) is 6.61 Å². The van der Waals surface area contributed by atoms with Gasteiger partial charge in [0.2, 0.25) is 0 Å². The number of methoxy groups -OCH3 is 1. The van der Waals surface area contributed by atoms with Crippen LogP contribution in [-0.4, -0.2) is 33.8 Å². The van der Waals surface area contributed by atoms with Crippen LogP contribution in [0, 0.1) is 11.3 Å². The van der Waals surface area contributed by atoms with Crippen molar-refractivity contribution < 1.29 is 9.84 Å². The minimum absolute atomic E-state index is 0.0219. The van der Waals surface area contributed by atoms with E-state index in [1.807, 2.05) is 12.1 Å². The first-order valence-electron chi connectivity index (χ1n) is 6.08. The Morgan fingerprint density at radius 2 is 2.20 bits per heavy atom. The van der Waals surface area contributed by atoms with Gasteiger partial charge in [0, 0.05) is 5.69 Å². The Morgan fingerprint density at radius 3 is 2.80 bits per heavy atom. The van der Waals surface area contributed by atoms with Crippen LogP contribution in [0.2, 0.25) is 0 Å². The molecule has 0 spiro atoms. The van der Waals surface area contributed by atoms with Crippen molar-refractivity contribution in [1.29, 1.82) is 5.26 Å². The van der Waals surface area contributed by atoms with Gasteiger partial charge in [-0.05, 0) is 24.3 Å². The van der Waals surface area contributed by atoms with Crippen LogP contribution in [0.1, 0.15) is 11.7 Å². The number of nitrogens with zero attached hydrogens (tertiary/aromatic N) is 4. The molecule has 0 aliphatic rings. The van der Waals surface area contributed by atoms with Gasteiger partial charge in [-0.15, -0.1) is 5.10 Å². The quantitative estimate of drug-likeness (QED) is 0.813. The Hall–Kier alpha value is -2.59. The first-order chi connectivity index (χ1) is 9.76. The highest BCUT2D eigenvalue weighted by Crippen LogP contribution is 2.20. The summed E-state index contributed by atoms with van der Waals surface area (Å²) in [5, 5.41) is 28.9. The summed E-state index contributed by atoms with van der Waals surface area (Å²) < 4.78 is 6.57. The number of aromatic nitrogens is 3. The molecule has 1 aromatic carbocycles. The molecule has 2 aromatic rings. The maximum Gasteiger partial charge on any atom is 0.160 e. The monoisotopic (exact) mass is 273 g/mol. The standard InChI is InChI=1S/C13H15N5O2/c1-20-11-4-2-10(3-5-11)15-12(8-14)13-9-18(6-7-19)17-16-13/h2-5,9,12,15,19H,6-7H2,1H3. The molecule has 7 nitrogen and oxygen atoms in total. The first kappa shape index (κ1) is 13.8. The van der Waals surface area contributed by atoms with Crippen LogP contribution in [0.4, 0.5) is 5.69 Å². The molecule has 0 aliphatic carbocycles. The zero-order chi connectivity index (χ0) is 14.4. The number of anilines is 1. The fourth-order valence-electron chi connectivity index (χ4n) is 1.68. The lowest BCUT2D eigenvalue weighted by Gasteiger charge is -2.10. The van der Waals surface area contributed by atoms with Crippen molar-refractivity contribution in [1.82, 2.24) is 15.0 Å². The number of benzene rings is 1. The van der Waals surface area contributed by atoms with Gasteiger partial charge in [0.15, 0.2) is 6.04 Å². The molecule has 0 fully saturated rings. The van der Waals surface area contributed by atoms with Crippen molar-refractivity contribution in [2.75, 3.05) is 19.0 Å². The maximum absolute atomic E-state index is 9.22. The van der Waals surface area contributed by atoms with Gasteiger partial charge in [-0.25, -0.2) is 4.68 Å². The van der Waals surface area contributed by atoms with Gasteiger partial charge in [-0.2, -0.15) is 5.26 Å². The highest BCUT2D eigenvalue weighted by molar-refractivity contribution is 5.48. The lowest BCUT2D eigenvalue weighted by molar-refractivity contribution is 0.268. The zero-order valence-electron chi connectivity index (χ0n) is 11.0. The lowest BCUT2D eigenvalue weighted by Crippen LogP contribution is -2.09. The summed E-state index contributed by atoms with van der Waals surface area (Å²) in [4.78, 5) is 0. The van der Waals surface area contributed by atoms with Gasteiger partial charge in [0.05, 0.1) is 32.5 Å². The Bertz CT molecular complexity index is 588. The third kappa shape index (κ3) is 3.24. The molecule has 1 aromatic heterocycles. The third-order valence-electron chi connectivity index (χ3n) is 2.71. The molecule has 2 rings (SSSR count). The molecule has 1 unspecified atom stereocenters. The molecule has 0 bridgehead atoms. The molecule has 0 saturated carbocycles. The van der Waals surface area contributed by atoms with Gasteiger partial charge in [0.1, 0.15) is 11.4 Å². The van der Waals surface area contributed by atoms with E-state index < -0.39 is 6.04 Å². The normalized spacial score (nSPS) is 11.7. The molecule has 0 radical (unpaired) electrons. The maximum atomic E-state index is 9.22. The van der Waals surface area contributed by atoms with Crippen LogP contribution in [0.3, 0.4) is 0 Å². The third-order valence-corrected chi connectivity index (χ3v) is 2.71. The van der Waals surface area contributed by atoms with Crippen molar-refractivity contribution in [3.8, 4) is 11.8 Å². The first-order valence-corrected chi connectivity index (χ1v) is 6.08. The van der Waals surface area contributed by atoms with Crippen LogP contribution in [-0.2, 0) is 6.54 Å². The molecule has 2 N–H and O–H groups in total. The fraction of sp³-hybridized carbons (Fsp3) is 0.308. The summed E-state index contributed by atoms with van der Waals surface area (Å²) in [6.45, 7) is 0.333. The molecule has 0 amide bonds. The van der Waals surface area contributed by atoms with Crippen LogP contribution in [0.25, 0.3) is 0 Å². The number of rotatable bonds is 6. The van der Waals surface area contributed by atoms with E-state index in [0.717, 1.165) is 11.4 Å². The van der Waals surface area contributed by atoms with E-state index in [9.17, 15) is 5.26 Å². The molecule has 0 saturated heterocycles. The fourth-order valence-corrected chi connectivity index (χ4v) is 1.68. The van der Waals surface area contributed by atoms with Crippen LogP contribution < -0.4 is 10.1 Å². The van der Waals surface area contributed by atoms with Gasteiger partial charge in [-0.1, -0.05) is 5.21 Å². The van der Waals surface area contributed by atoms with E-state index in [4.69, 9.17) is 9.84 Å². The van der Waals surface area contributed by atoms with E-state index >= 15 is 0 Å². The number of ether oxygens (including phenoxy) is 1. The average molecular weight is 273 g/mol. The van der Waals surface area contributed by atoms with Gasteiger partial charge in [0.25, 0.3) is 0 Å². The Labute approximate surface area is 116 Å². The largest absolute Gasteiger partial charge is 0.497 e. The molecular formula is C13H15N5O2. The van der Waals surface area contributed by atoms with Crippen LogP contribution in [0.15, 0.2) is 30.5 Å². The molecule has 104 valence electrons. The van der Waals surface area contributed by atoms with Crippen LogP contribution >= 0.6 is 0 Å². The summed E-state index contributed by atoms with van der Waals surface area (Å²) >= 11 is 0. The Balaban J connectivity index is 2.09. The summed E-state index contributed by atoms with van der Waals surface area (Å²) in [6.07, 6.45) is 1.64. The van der Waals surface area contributed by atoms with Crippen LogP contribution in [0.5, 0.6) is 5.75 Å². The molecule has 0 aliphatic heterocycles. The second kappa shape index (κ2) is 6.54. The number of hydrogen-bond donors (Lipinski definition) is 2. The van der Waals surface area contributed by atoms with E-state index in [0.29, 0.717) is 12.2 Å². The Kier molecular flexibility index (Phi) is 4.52. The van der Waals surface area contributed by atoms with Gasteiger partial charge < -0.3 is 15.2 Å². The second-order valence-corrected chi connectivity index (χ2v) is 4.07. The van der Waals surface area contributed by atoms with Crippen molar-refractivity contribution >= 4 is 5.69 Å². The zero-order valence-corrected chi connectivity index (χ0v) is 11.0. The minimum atomic E-state index is -0.601. The average Bonchev–Trinajstić information content (AvgIpc) is 2.94. The summed E-state index contributed by atoms with van der Waals surface area (Å²) in [5.41, 5.74) is 1.30. The number of aliphatic hydroxyl groups is 1. The lowest BCUT2D eigenvalue weighted by atomic mass is 10.2. The molecular weight excluding hydrogens is 258 g/mol. The summed E-state index contributed by atoms with van der Waals surface area (Å²) in [7, 11) is 1.60. The molecule has 20 heavy (non-hydrogen) atoms. The minimum Gasteiger partial charge on any atom is -0.497 e. The number of nitrogens with one attached hydrogen (secondary N) is 1. The summed E-state index contributed by atoms with van der Waals surface area (Å²) in [6, 6.07) is 8.78. The number of nitriles is 1. The molecule has 1 heterocycles. The van der Waals surface area contributed by atoms with Crippen molar-refractivity contribution in [2.24, 2.45) is 0 Å². The highest BCUT2D eigenvalue weighted by Gasteiger charge is 2.14. The summed E-state index contributed by atoms with van der Waals surface area (Å²) in [5.74, 6) is 0.748. The van der Waals surface area contributed by atoms with E-state index in [1.54, 1.807) is 25.4 Å². The second-order valence-electron chi connectivity index (χ2n) is 4.07. The predicted octanol–water partition coefficient (Wildman–Crippen LogP) is 0.956. The van der Waals surface area contributed by atoms with E-state index in [2.05, 4.69) is 21.7 Å². The predicted molar refractivity (Wildman–Crippen MR) is 72.1 cm³/mol. The molecule has 7 heteroatoms. The van der Waals surface area contributed by atoms with Gasteiger partial charge >= 0.3 is 0 Å². The number of aliphatic hydroxyl groups excluding tert-OH is 1.